The second-order valence-electron chi connectivity index (χ2n) is 6.54. The number of nitrogens with zero attached hydrogens (tertiary/aromatic N) is 1. The number of aliphatic hydroxyl groups is 1. The Balaban J connectivity index is 2.12. The number of fused-ring (bicyclic) bond motifs is 1. The SMILES string of the molecule is CC1(C)Oc2ccc(C(F)(F)F)cc2[C@@H](N2CCCC2=O)[C@@H]1O. The van der Waals surface area contributed by atoms with E-state index < -0.39 is 29.5 Å². The Labute approximate surface area is 131 Å². The molecule has 1 aromatic rings. The van der Waals surface area contributed by atoms with E-state index in [2.05, 4.69) is 0 Å². The minimum absolute atomic E-state index is 0.157. The summed E-state index contributed by atoms with van der Waals surface area (Å²) >= 11 is 0. The van der Waals surface area contributed by atoms with Crippen molar-refractivity contribution in [3.63, 3.8) is 0 Å². The number of amides is 1. The molecule has 2 heterocycles. The molecule has 0 saturated carbocycles. The summed E-state index contributed by atoms with van der Waals surface area (Å²) in [5.74, 6) is 0.119. The monoisotopic (exact) mass is 329 g/mol. The molecule has 0 bridgehead atoms. The van der Waals surface area contributed by atoms with Gasteiger partial charge in [0.05, 0.1) is 11.6 Å². The van der Waals surface area contributed by atoms with Gasteiger partial charge in [0.25, 0.3) is 0 Å². The molecule has 2 aliphatic heterocycles. The number of hydrogen-bond donors (Lipinski definition) is 1. The molecule has 3 rings (SSSR count). The lowest BCUT2D eigenvalue weighted by Crippen LogP contribution is -2.53. The van der Waals surface area contributed by atoms with Gasteiger partial charge in [0.2, 0.25) is 5.91 Å². The van der Waals surface area contributed by atoms with Crippen LogP contribution in [-0.4, -0.2) is 34.2 Å². The van der Waals surface area contributed by atoms with Gasteiger partial charge in [-0.15, -0.1) is 0 Å². The molecule has 1 fully saturated rings. The molecular formula is C16H18F3NO3. The second-order valence-corrected chi connectivity index (χ2v) is 6.54. The van der Waals surface area contributed by atoms with Crippen molar-refractivity contribution in [3.8, 4) is 5.75 Å². The van der Waals surface area contributed by atoms with Crippen LogP contribution in [-0.2, 0) is 11.0 Å². The molecule has 2 aliphatic rings. The molecule has 126 valence electrons. The van der Waals surface area contributed by atoms with Crippen LogP contribution in [0.2, 0.25) is 0 Å². The summed E-state index contributed by atoms with van der Waals surface area (Å²) in [5.41, 5.74) is -1.61. The number of aliphatic hydroxyl groups excluding tert-OH is 1. The molecule has 7 heteroatoms. The Kier molecular flexibility index (Phi) is 3.59. The van der Waals surface area contributed by atoms with E-state index in [1.807, 2.05) is 0 Å². The first-order valence-corrected chi connectivity index (χ1v) is 7.49. The maximum atomic E-state index is 13.0. The van der Waals surface area contributed by atoms with Crippen LogP contribution in [0.5, 0.6) is 5.75 Å². The zero-order chi connectivity index (χ0) is 17.0. The second kappa shape index (κ2) is 5.12. The number of benzene rings is 1. The third kappa shape index (κ3) is 2.67. The van der Waals surface area contributed by atoms with Crippen molar-refractivity contribution in [2.45, 2.75) is 50.6 Å². The zero-order valence-corrected chi connectivity index (χ0v) is 12.9. The van der Waals surface area contributed by atoms with Crippen LogP contribution in [0.3, 0.4) is 0 Å². The fraction of sp³-hybridized carbons (Fsp3) is 0.562. The largest absolute Gasteiger partial charge is 0.485 e. The van der Waals surface area contributed by atoms with E-state index in [9.17, 15) is 23.1 Å². The molecule has 23 heavy (non-hydrogen) atoms. The van der Waals surface area contributed by atoms with E-state index in [-0.39, 0.29) is 17.2 Å². The van der Waals surface area contributed by atoms with Crippen molar-refractivity contribution >= 4 is 5.91 Å². The van der Waals surface area contributed by atoms with Crippen LogP contribution in [0.4, 0.5) is 13.2 Å². The highest BCUT2D eigenvalue weighted by Crippen LogP contribution is 2.46. The minimum atomic E-state index is -4.49. The first kappa shape index (κ1) is 16.1. The van der Waals surface area contributed by atoms with Crippen molar-refractivity contribution in [2.75, 3.05) is 6.54 Å². The standard InChI is InChI=1S/C16H18F3NO3/c1-15(2)14(22)13(20-7-3-4-12(20)21)10-8-9(16(17,18)19)5-6-11(10)23-15/h5-6,8,13-14,22H,3-4,7H2,1-2H3/t13-,14+/m1/s1. The van der Waals surface area contributed by atoms with Gasteiger partial charge in [0, 0.05) is 18.5 Å². The van der Waals surface area contributed by atoms with Gasteiger partial charge in [0.15, 0.2) is 0 Å². The van der Waals surface area contributed by atoms with Crippen molar-refractivity contribution in [3.05, 3.63) is 29.3 Å². The lowest BCUT2D eigenvalue weighted by atomic mass is 9.85. The van der Waals surface area contributed by atoms with Gasteiger partial charge in [-0.2, -0.15) is 13.2 Å². The van der Waals surface area contributed by atoms with Crippen LogP contribution >= 0.6 is 0 Å². The highest BCUT2D eigenvalue weighted by atomic mass is 19.4. The predicted molar refractivity (Wildman–Crippen MR) is 75.8 cm³/mol. The topological polar surface area (TPSA) is 49.8 Å². The number of rotatable bonds is 1. The number of halogens is 3. The number of hydrogen-bond acceptors (Lipinski definition) is 3. The molecule has 0 aromatic heterocycles. The molecule has 0 radical (unpaired) electrons. The molecule has 1 amide bonds. The van der Waals surface area contributed by atoms with Crippen LogP contribution in [0.15, 0.2) is 18.2 Å². The number of alkyl halides is 3. The fourth-order valence-electron chi connectivity index (χ4n) is 3.24. The smallest absolute Gasteiger partial charge is 0.416 e. The third-order valence-electron chi connectivity index (χ3n) is 4.49. The number of carbonyl (C=O) groups is 1. The zero-order valence-electron chi connectivity index (χ0n) is 12.9. The number of ether oxygens (including phenoxy) is 1. The van der Waals surface area contributed by atoms with Crippen LogP contribution in [0, 0.1) is 0 Å². The summed E-state index contributed by atoms with van der Waals surface area (Å²) in [7, 11) is 0. The Bertz CT molecular complexity index is 642. The molecular weight excluding hydrogens is 311 g/mol. The van der Waals surface area contributed by atoms with E-state index in [1.165, 1.54) is 11.0 Å². The Hall–Kier alpha value is -1.76. The molecule has 1 saturated heterocycles. The van der Waals surface area contributed by atoms with E-state index in [4.69, 9.17) is 4.74 Å². The first-order valence-electron chi connectivity index (χ1n) is 7.49. The average molecular weight is 329 g/mol. The van der Waals surface area contributed by atoms with E-state index in [1.54, 1.807) is 13.8 Å². The predicted octanol–water partition coefficient (Wildman–Crippen LogP) is 2.90. The lowest BCUT2D eigenvalue weighted by Gasteiger charge is -2.45. The summed E-state index contributed by atoms with van der Waals surface area (Å²) < 4.78 is 44.7. The third-order valence-corrected chi connectivity index (χ3v) is 4.49. The molecule has 0 spiro atoms. The average Bonchev–Trinajstić information content (AvgIpc) is 2.84. The fourth-order valence-corrected chi connectivity index (χ4v) is 3.24. The highest BCUT2D eigenvalue weighted by Gasteiger charge is 2.48. The summed E-state index contributed by atoms with van der Waals surface area (Å²) in [5, 5.41) is 10.6. The molecule has 2 atom stereocenters. The molecule has 0 aliphatic carbocycles. The lowest BCUT2D eigenvalue weighted by molar-refractivity contribution is -0.140. The van der Waals surface area contributed by atoms with Gasteiger partial charge in [0.1, 0.15) is 17.5 Å². The Morgan fingerprint density at radius 3 is 2.61 bits per heavy atom. The van der Waals surface area contributed by atoms with Gasteiger partial charge in [-0.3, -0.25) is 4.79 Å². The first-order chi connectivity index (χ1) is 10.6. The van der Waals surface area contributed by atoms with Crippen molar-refractivity contribution in [1.82, 2.24) is 4.90 Å². The van der Waals surface area contributed by atoms with Crippen molar-refractivity contribution in [1.29, 1.82) is 0 Å². The molecule has 0 unspecified atom stereocenters. The van der Waals surface area contributed by atoms with Gasteiger partial charge >= 0.3 is 6.18 Å². The minimum Gasteiger partial charge on any atom is -0.485 e. The summed E-state index contributed by atoms with van der Waals surface area (Å²) in [4.78, 5) is 13.5. The van der Waals surface area contributed by atoms with Crippen LogP contribution in [0.1, 0.15) is 43.9 Å². The maximum Gasteiger partial charge on any atom is 0.416 e. The van der Waals surface area contributed by atoms with Crippen molar-refractivity contribution in [2.24, 2.45) is 0 Å². The number of carbonyl (C=O) groups excluding carboxylic acids is 1. The van der Waals surface area contributed by atoms with Gasteiger partial charge in [-0.25, -0.2) is 0 Å². The maximum absolute atomic E-state index is 13.0. The number of likely N-dealkylation sites (tertiary alicyclic amines) is 1. The van der Waals surface area contributed by atoms with Gasteiger partial charge in [-0.1, -0.05) is 0 Å². The molecule has 1 aromatic carbocycles. The van der Waals surface area contributed by atoms with Crippen molar-refractivity contribution < 1.29 is 27.8 Å². The normalized spacial score (nSPS) is 26.9. The Morgan fingerprint density at radius 1 is 1.35 bits per heavy atom. The van der Waals surface area contributed by atoms with E-state index in [0.29, 0.717) is 19.4 Å². The summed E-state index contributed by atoms with van der Waals surface area (Å²) in [6.45, 7) is 3.74. The quantitative estimate of drug-likeness (QED) is 0.862. The summed E-state index contributed by atoms with van der Waals surface area (Å²) in [6, 6.07) is 2.37. The van der Waals surface area contributed by atoms with E-state index in [0.717, 1.165) is 12.1 Å². The van der Waals surface area contributed by atoms with Gasteiger partial charge < -0.3 is 14.7 Å². The van der Waals surface area contributed by atoms with Gasteiger partial charge in [-0.05, 0) is 38.5 Å². The highest BCUT2D eigenvalue weighted by molar-refractivity contribution is 5.79. The molecule has 1 N–H and O–H groups in total. The van der Waals surface area contributed by atoms with Crippen LogP contribution < -0.4 is 4.74 Å². The summed E-state index contributed by atoms with van der Waals surface area (Å²) in [6.07, 6.45) is -4.62. The molecule has 4 nitrogen and oxygen atoms in total. The van der Waals surface area contributed by atoms with Crippen LogP contribution in [0.25, 0.3) is 0 Å². The van der Waals surface area contributed by atoms with E-state index >= 15 is 0 Å². The Morgan fingerprint density at radius 2 is 2.04 bits per heavy atom.